The number of benzene rings is 1. The summed E-state index contributed by atoms with van der Waals surface area (Å²) in [7, 11) is 2.21. The Morgan fingerprint density at radius 3 is 2.46 bits per heavy atom. The van der Waals surface area contributed by atoms with Crippen molar-refractivity contribution in [2.75, 3.05) is 33.2 Å². The van der Waals surface area contributed by atoms with Crippen molar-refractivity contribution in [1.82, 2.24) is 15.1 Å². The van der Waals surface area contributed by atoms with E-state index in [1.54, 1.807) is 0 Å². The van der Waals surface area contributed by atoms with Crippen LogP contribution in [0.4, 0.5) is 0 Å². The molecule has 4 rings (SSSR count). The first-order valence-corrected chi connectivity index (χ1v) is 10.4. The lowest BCUT2D eigenvalue weighted by Gasteiger charge is -2.42. The summed E-state index contributed by atoms with van der Waals surface area (Å²) in [5.41, 5.74) is 0.808. The van der Waals surface area contributed by atoms with Gasteiger partial charge in [0.25, 0.3) is 0 Å². The number of halogens is 1. The Bertz CT molecular complexity index is 635. The number of hydrogen-bond donors (Lipinski definition) is 1. The predicted octanol–water partition coefficient (Wildman–Crippen LogP) is 3.05. The molecule has 0 bridgehead atoms. The third-order valence-corrected chi connectivity index (χ3v) is 6.83. The first-order valence-electron chi connectivity index (χ1n) is 10.1. The second-order valence-electron chi connectivity index (χ2n) is 8.43. The molecular formula is C21H30ClN3O. The summed E-state index contributed by atoms with van der Waals surface area (Å²) in [6.07, 6.45) is 6.70. The van der Waals surface area contributed by atoms with Crippen molar-refractivity contribution >= 4 is 17.5 Å². The van der Waals surface area contributed by atoms with Gasteiger partial charge in [-0.1, -0.05) is 23.7 Å². The SMILES string of the molecule is CN1CCC(N2CCC[C@@H](NC(=O)C3(c4ccc(Cl)cc4)CC3)C2)CC1. The number of nitrogens with one attached hydrogen (secondary N) is 1. The fourth-order valence-corrected chi connectivity index (χ4v) is 4.81. The highest BCUT2D eigenvalue weighted by atomic mass is 35.5. The molecule has 2 heterocycles. The summed E-state index contributed by atoms with van der Waals surface area (Å²) in [5, 5.41) is 4.12. The predicted molar refractivity (Wildman–Crippen MR) is 106 cm³/mol. The second-order valence-corrected chi connectivity index (χ2v) is 8.87. The van der Waals surface area contributed by atoms with Gasteiger partial charge in [-0.2, -0.15) is 0 Å². The maximum Gasteiger partial charge on any atom is 0.230 e. The lowest BCUT2D eigenvalue weighted by molar-refractivity contribution is -0.124. The molecule has 3 aliphatic rings. The van der Waals surface area contributed by atoms with Crippen LogP contribution in [-0.2, 0) is 10.2 Å². The molecule has 1 N–H and O–H groups in total. The van der Waals surface area contributed by atoms with Gasteiger partial charge in [0.05, 0.1) is 5.41 Å². The third-order valence-electron chi connectivity index (χ3n) is 6.57. The molecular weight excluding hydrogens is 346 g/mol. The number of carbonyl (C=O) groups is 1. The smallest absolute Gasteiger partial charge is 0.230 e. The fraction of sp³-hybridized carbons (Fsp3) is 0.667. The maximum absolute atomic E-state index is 13.0. The highest BCUT2D eigenvalue weighted by Gasteiger charge is 2.51. The van der Waals surface area contributed by atoms with Crippen molar-refractivity contribution in [3.8, 4) is 0 Å². The Morgan fingerprint density at radius 1 is 1.12 bits per heavy atom. The highest BCUT2D eigenvalue weighted by molar-refractivity contribution is 6.30. The van der Waals surface area contributed by atoms with Crippen molar-refractivity contribution < 1.29 is 4.79 Å². The van der Waals surface area contributed by atoms with E-state index in [4.69, 9.17) is 11.6 Å². The van der Waals surface area contributed by atoms with Crippen molar-refractivity contribution in [3.63, 3.8) is 0 Å². The second kappa shape index (κ2) is 7.49. The summed E-state index contributed by atoms with van der Waals surface area (Å²) < 4.78 is 0. The molecule has 142 valence electrons. The fourth-order valence-electron chi connectivity index (χ4n) is 4.68. The van der Waals surface area contributed by atoms with E-state index < -0.39 is 0 Å². The number of piperidine rings is 2. The number of nitrogens with zero attached hydrogens (tertiary/aromatic N) is 2. The summed E-state index contributed by atoms with van der Waals surface area (Å²) >= 11 is 6.01. The zero-order valence-electron chi connectivity index (χ0n) is 15.7. The van der Waals surface area contributed by atoms with Crippen LogP contribution in [-0.4, -0.2) is 61.0 Å². The minimum absolute atomic E-state index is 0.218. The molecule has 1 aromatic rings. The van der Waals surface area contributed by atoms with E-state index in [0.29, 0.717) is 12.1 Å². The average Bonchev–Trinajstić information content (AvgIpc) is 3.45. The molecule has 4 nitrogen and oxygen atoms in total. The molecule has 0 radical (unpaired) electrons. The van der Waals surface area contributed by atoms with E-state index >= 15 is 0 Å². The number of likely N-dealkylation sites (tertiary alicyclic amines) is 2. The zero-order valence-corrected chi connectivity index (χ0v) is 16.5. The topological polar surface area (TPSA) is 35.6 Å². The quantitative estimate of drug-likeness (QED) is 0.878. The largest absolute Gasteiger partial charge is 0.351 e. The standard InChI is InChI=1S/C21H30ClN3O/c1-24-13-8-19(9-14-24)25-12-2-3-18(15-25)23-20(26)21(10-11-21)16-4-6-17(22)7-5-16/h4-7,18-19H,2-3,8-15H2,1H3,(H,23,26)/t18-/m1/s1. The lowest BCUT2D eigenvalue weighted by atomic mass is 9.93. The number of amides is 1. The molecule has 1 amide bonds. The molecule has 1 saturated carbocycles. The molecule has 0 aromatic heterocycles. The van der Waals surface area contributed by atoms with Gasteiger partial charge >= 0.3 is 0 Å². The van der Waals surface area contributed by atoms with Crippen LogP contribution in [0.5, 0.6) is 0 Å². The van der Waals surface area contributed by atoms with Crippen LogP contribution in [0, 0.1) is 0 Å². The Kier molecular flexibility index (Phi) is 5.27. The van der Waals surface area contributed by atoms with Crippen LogP contribution in [0.25, 0.3) is 0 Å². The van der Waals surface area contributed by atoms with Gasteiger partial charge in [-0.3, -0.25) is 9.69 Å². The molecule has 0 spiro atoms. The molecule has 1 atom stereocenters. The number of hydrogen-bond acceptors (Lipinski definition) is 3. The van der Waals surface area contributed by atoms with Crippen LogP contribution in [0.3, 0.4) is 0 Å². The minimum Gasteiger partial charge on any atom is -0.351 e. The van der Waals surface area contributed by atoms with Crippen LogP contribution in [0.15, 0.2) is 24.3 Å². The van der Waals surface area contributed by atoms with Gasteiger partial charge in [-0.15, -0.1) is 0 Å². The van der Waals surface area contributed by atoms with Gasteiger partial charge < -0.3 is 10.2 Å². The molecule has 1 aromatic carbocycles. The normalized spacial score (nSPS) is 27.2. The molecule has 0 unspecified atom stereocenters. The highest BCUT2D eigenvalue weighted by Crippen LogP contribution is 2.48. The summed E-state index contributed by atoms with van der Waals surface area (Å²) in [6.45, 7) is 4.58. The van der Waals surface area contributed by atoms with Crippen molar-refractivity contribution in [3.05, 3.63) is 34.9 Å². The van der Waals surface area contributed by atoms with Crippen LogP contribution in [0.1, 0.15) is 44.1 Å². The molecule has 3 fully saturated rings. The third kappa shape index (κ3) is 3.78. The van der Waals surface area contributed by atoms with Crippen molar-refractivity contribution in [2.45, 2.75) is 56.0 Å². The number of rotatable bonds is 4. The van der Waals surface area contributed by atoms with E-state index in [1.807, 2.05) is 24.3 Å². The Morgan fingerprint density at radius 2 is 1.81 bits per heavy atom. The molecule has 5 heteroatoms. The lowest BCUT2D eigenvalue weighted by Crippen LogP contribution is -2.54. The monoisotopic (exact) mass is 375 g/mol. The molecule has 26 heavy (non-hydrogen) atoms. The first kappa shape index (κ1) is 18.3. The van der Waals surface area contributed by atoms with Crippen LogP contribution in [0.2, 0.25) is 5.02 Å². The van der Waals surface area contributed by atoms with Crippen molar-refractivity contribution in [2.24, 2.45) is 0 Å². The van der Waals surface area contributed by atoms with E-state index in [1.165, 1.54) is 38.9 Å². The van der Waals surface area contributed by atoms with E-state index in [-0.39, 0.29) is 11.3 Å². The Labute approximate surface area is 161 Å². The average molecular weight is 376 g/mol. The van der Waals surface area contributed by atoms with Gasteiger partial charge in [0, 0.05) is 23.7 Å². The first-order chi connectivity index (χ1) is 12.6. The molecule has 1 aliphatic carbocycles. The van der Waals surface area contributed by atoms with Gasteiger partial charge in [-0.25, -0.2) is 0 Å². The minimum atomic E-state index is -0.305. The molecule has 2 saturated heterocycles. The van der Waals surface area contributed by atoms with E-state index in [2.05, 4.69) is 22.2 Å². The van der Waals surface area contributed by atoms with Gasteiger partial charge in [0.2, 0.25) is 5.91 Å². The van der Waals surface area contributed by atoms with Gasteiger partial charge in [-0.05, 0) is 82.9 Å². The van der Waals surface area contributed by atoms with Crippen LogP contribution < -0.4 is 5.32 Å². The Balaban J connectivity index is 1.36. The summed E-state index contributed by atoms with van der Waals surface area (Å²) in [4.78, 5) is 18.1. The van der Waals surface area contributed by atoms with E-state index in [9.17, 15) is 4.79 Å². The zero-order chi connectivity index (χ0) is 18.1. The number of carbonyl (C=O) groups excluding carboxylic acids is 1. The summed E-state index contributed by atoms with van der Waals surface area (Å²) in [5.74, 6) is 0.218. The van der Waals surface area contributed by atoms with Gasteiger partial charge in [0.15, 0.2) is 0 Å². The van der Waals surface area contributed by atoms with Crippen LogP contribution >= 0.6 is 11.6 Å². The van der Waals surface area contributed by atoms with Gasteiger partial charge in [0.1, 0.15) is 0 Å². The summed E-state index contributed by atoms with van der Waals surface area (Å²) in [6, 6.07) is 8.80. The molecule has 2 aliphatic heterocycles. The Hall–Kier alpha value is -1.10. The van der Waals surface area contributed by atoms with E-state index in [0.717, 1.165) is 36.4 Å². The maximum atomic E-state index is 13.0. The van der Waals surface area contributed by atoms with Crippen molar-refractivity contribution in [1.29, 1.82) is 0 Å².